The van der Waals surface area contributed by atoms with Gasteiger partial charge >= 0.3 is 0 Å². The zero-order valence-corrected chi connectivity index (χ0v) is 19.3. The smallest absolute Gasteiger partial charge is 0.230 e. The summed E-state index contributed by atoms with van der Waals surface area (Å²) in [4.78, 5) is 44.9. The minimum Gasteiger partial charge on any atom is -0.368 e. The Bertz CT molecular complexity index is 1120. The number of carbonyl (C=O) groups excluding carboxylic acids is 3. The number of nitrogens with one attached hydrogen (secondary N) is 1. The number of Topliss-reactive ketones (excluding diaryl/α,β-unsaturated/α-hetero) is 1. The number of anilines is 2. The van der Waals surface area contributed by atoms with Gasteiger partial charge in [-0.1, -0.05) is 30.3 Å². The molecular formula is C25H26N4O3S. The molecule has 1 aliphatic rings. The van der Waals surface area contributed by atoms with Gasteiger partial charge in [0, 0.05) is 42.8 Å². The highest BCUT2D eigenvalue weighted by molar-refractivity contribution is 7.13. The lowest BCUT2D eigenvalue weighted by atomic mass is 10.1. The molecule has 170 valence electrons. The van der Waals surface area contributed by atoms with E-state index in [2.05, 4.69) is 15.2 Å². The number of piperazine rings is 1. The molecule has 1 N–H and O–H groups in total. The highest BCUT2D eigenvalue weighted by Gasteiger charge is 2.22. The number of aromatic nitrogens is 1. The molecule has 4 rings (SSSR count). The molecule has 0 unspecified atom stereocenters. The standard InChI is InChI=1S/C25H26N4O3S/c1-18(30)20-7-9-22(10-8-20)28-11-13-29(14-12-28)24(32)16-21-17-33-25(26-21)27-23(31)15-19-5-3-2-4-6-19/h2-10,17H,11-16H2,1H3,(H,26,27,31). The van der Waals surface area contributed by atoms with E-state index in [1.54, 1.807) is 6.92 Å². The molecule has 1 aromatic heterocycles. The SMILES string of the molecule is CC(=O)c1ccc(N2CCN(C(=O)Cc3csc(NC(=O)Cc4ccccc4)n3)CC2)cc1. The number of hydrogen-bond acceptors (Lipinski definition) is 6. The number of hydrogen-bond donors (Lipinski definition) is 1. The summed E-state index contributed by atoms with van der Waals surface area (Å²) in [7, 11) is 0. The van der Waals surface area contributed by atoms with Crippen LogP contribution in [0.3, 0.4) is 0 Å². The van der Waals surface area contributed by atoms with Crippen LogP contribution in [0.1, 0.15) is 28.5 Å². The molecule has 1 fully saturated rings. The number of ketones is 1. The van der Waals surface area contributed by atoms with E-state index in [1.165, 1.54) is 11.3 Å². The summed E-state index contributed by atoms with van der Waals surface area (Å²) >= 11 is 1.33. The van der Waals surface area contributed by atoms with Crippen molar-refractivity contribution in [2.75, 3.05) is 36.4 Å². The van der Waals surface area contributed by atoms with Gasteiger partial charge in [-0.05, 0) is 36.8 Å². The molecule has 0 spiro atoms. The van der Waals surface area contributed by atoms with Crippen molar-refractivity contribution in [1.29, 1.82) is 0 Å². The Labute approximate surface area is 197 Å². The van der Waals surface area contributed by atoms with Gasteiger partial charge in [-0.25, -0.2) is 4.98 Å². The molecule has 2 heterocycles. The molecule has 0 radical (unpaired) electrons. The fourth-order valence-electron chi connectivity index (χ4n) is 3.78. The maximum Gasteiger partial charge on any atom is 0.230 e. The Morgan fingerprint density at radius 2 is 1.64 bits per heavy atom. The van der Waals surface area contributed by atoms with Gasteiger partial charge in [-0.3, -0.25) is 14.4 Å². The zero-order chi connectivity index (χ0) is 23.2. The van der Waals surface area contributed by atoms with Crippen molar-refractivity contribution in [3.63, 3.8) is 0 Å². The average Bonchev–Trinajstić information content (AvgIpc) is 3.26. The maximum absolute atomic E-state index is 12.8. The molecule has 0 aliphatic carbocycles. The number of thiazole rings is 1. The first-order valence-corrected chi connectivity index (χ1v) is 11.8. The second-order valence-corrected chi connectivity index (χ2v) is 8.86. The fourth-order valence-corrected chi connectivity index (χ4v) is 4.50. The fraction of sp³-hybridized carbons (Fsp3) is 0.280. The third kappa shape index (κ3) is 6.04. The van der Waals surface area contributed by atoms with Gasteiger partial charge in [0.05, 0.1) is 18.5 Å². The van der Waals surface area contributed by atoms with Crippen molar-refractivity contribution in [3.8, 4) is 0 Å². The van der Waals surface area contributed by atoms with Crippen LogP contribution >= 0.6 is 11.3 Å². The first-order chi connectivity index (χ1) is 16.0. The van der Waals surface area contributed by atoms with Gasteiger partial charge in [-0.15, -0.1) is 11.3 Å². The average molecular weight is 463 g/mol. The molecule has 8 heteroatoms. The number of nitrogens with zero attached hydrogens (tertiary/aromatic N) is 3. The highest BCUT2D eigenvalue weighted by atomic mass is 32.1. The van der Waals surface area contributed by atoms with Crippen molar-refractivity contribution in [3.05, 3.63) is 76.8 Å². The molecule has 0 bridgehead atoms. The Balaban J connectivity index is 1.25. The third-order valence-corrected chi connectivity index (χ3v) is 6.42. The molecule has 0 atom stereocenters. The van der Waals surface area contributed by atoms with E-state index in [9.17, 15) is 14.4 Å². The van der Waals surface area contributed by atoms with Crippen LogP contribution in [0.5, 0.6) is 0 Å². The Kier molecular flexibility index (Phi) is 7.14. The van der Waals surface area contributed by atoms with E-state index >= 15 is 0 Å². The van der Waals surface area contributed by atoms with Crippen LogP contribution in [-0.4, -0.2) is 53.7 Å². The maximum atomic E-state index is 12.8. The Morgan fingerprint density at radius 3 is 2.30 bits per heavy atom. The van der Waals surface area contributed by atoms with Crippen LogP contribution < -0.4 is 10.2 Å². The van der Waals surface area contributed by atoms with Crippen LogP contribution in [0, 0.1) is 0 Å². The van der Waals surface area contributed by atoms with Crippen LogP contribution in [-0.2, 0) is 22.4 Å². The van der Waals surface area contributed by atoms with Crippen LogP contribution in [0.15, 0.2) is 60.0 Å². The van der Waals surface area contributed by atoms with E-state index in [-0.39, 0.29) is 30.4 Å². The van der Waals surface area contributed by atoms with E-state index in [0.29, 0.717) is 29.5 Å². The summed E-state index contributed by atoms with van der Waals surface area (Å²) < 4.78 is 0. The van der Waals surface area contributed by atoms with Crippen LogP contribution in [0.4, 0.5) is 10.8 Å². The van der Waals surface area contributed by atoms with Gasteiger partial charge in [0.15, 0.2) is 10.9 Å². The highest BCUT2D eigenvalue weighted by Crippen LogP contribution is 2.20. The van der Waals surface area contributed by atoms with Crippen LogP contribution in [0.2, 0.25) is 0 Å². The number of benzene rings is 2. The second-order valence-electron chi connectivity index (χ2n) is 8.00. The van der Waals surface area contributed by atoms with E-state index < -0.39 is 0 Å². The Morgan fingerprint density at radius 1 is 0.939 bits per heavy atom. The van der Waals surface area contributed by atoms with E-state index in [0.717, 1.165) is 24.3 Å². The third-order valence-electron chi connectivity index (χ3n) is 5.61. The first-order valence-electron chi connectivity index (χ1n) is 10.9. The van der Waals surface area contributed by atoms with E-state index in [1.807, 2.05) is 64.9 Å². The summed E-state index contributed by atoms with van der Waals surface area (Å²) in [6.07, 6.45) is 0.509. The lowest BCUT2D eigenvalue weighted by molar-refractivity contribution is -0.130. The van der Waals surface area contributed by atoms with Gasteiger partial charge in [0.1, 0.15) is 0 Å². The minimum atomic E-state index is -0.124. The molecule has 1 aliphatic heterocycles. The quantitative estimate of drug-likeness (QED) is 0.544. The van der Waals surface area contributed by atoms with Crippen molar-refractivity contribution >= 4 is 39.8 Å². The van der Waals surface area contributed by atoms with Gasteiger partial charge in [-0.2, -0.15) is 0 Å². The molecular weight excluding hydrogens is 436 g/mol. The summed E-state index contributed by atoms with van der Waals surface area (Å²) in [5.74, 6) is -0.0344. The van der Waals surface area contributed by atoms with Crippen molar-refractivity contribution in [2.45, 2.75) is 19.8 Å². The number of rotatable bonds is 7. The van der Waals surface area contributed by atoms with Gasteiger partial charge < -0.3 is 15.1 Å². The predicted octanol–water partition coefficient (Wildman–Crippen LogP) is 3.42. The molecule has 2 aromatic carbocycles. The topological polar surface area (TPSA) is 82.6 Å². The minimum absolute atomic E-state index is 0.0361. The number of amides is 2. The normalized spacial score (nSPS) is 13.6. The molecule has 2 amide bonds. The molecule has 3 aromatic rings. The molecule has 7 nitrogen and oxygen atoms in total. The van der Waals surface area contributed by atoms with Gasteiger partial charge in [0.2, 0.25) is 11.8 Å². The lowest BCUT2D eigenvalue weighted by Gasteiger charge is -2.36. The molecule has 0 saturated carbocycles. The molecule has 33 heavy (non-hydrogen) atoms. The summed E-state index contributed by atoms with van der Waals surface area (Å²) in [5, 5.41) is 5.15. The van der Waals surface area contributed by atoms with Crippen molar-refractivity contribution in [1.82, 2.24) is 9.88 Å². The van der Waals surface area contributed by atoms with E-state index in [4.69, 9.17) is 0 Å². The van der Waals surface area contributed by atoms with Crippen molar-refractivity contribution < 1.29 is 14.4 Å². The summed E-state index contributed by atoms with van der Waals surface area (Å²) in [6.45, 7) is 4.31. The lowest BCUT2D eigenvalue weighted by Crippen LogP contribution is -2.49. The predicted molar refractivity (Wildman–Crippen MR) is 130 cm³/mol. The Hall–Kier alpha value is -3.52. The number of carbonyl (C=O) groups is 3. The first kappa shape index (κ1) is 22.7. The van der Waals surface area contributed by atoms with Gasteiger partial charge in [0.25, 0.3) is 0 Å². The summed E-state index contributed by atoms with van der Waals surface area (Å²) in [5.41, 5.74) is 3.37. The molecule has 1 saturated heterocycles. The zero-order valence-electron chi connectivity index (χ0n) is 18.5. The second kappa shape index (κ2) is 10.4. The monoisotopic (exact) mass is 462 g/mol. The largest absolute Gasteiger partial charge is 0.368 e. The van der Waals surface area contributed by atoms with Crippen LogP contribution in [0.25, 0.3) is 0 Å². The summed E-state index contributed by atoms with van der Waals surface area (Å²) in [6, 6.07) is 17.1. The van der Waals surface area contributed by atoms with Crippen molar-refractivity contribution in [2.24, 2.45) is 0 Å².